The van der Waals surface area contributed by atoms with Crippen LogP contribution in [0.15, 0.2) is 24.3 Å². The maximum absolute atomic E-state index is 12.9. The lowest BCUT2D eigenvalue weighted by Crippen LogP contribution is -2.43. The van der Waals surface area contributed by atoms with E-state index in [0.717, 1.165) is 6.42 Å². The molecule has 1 aromatic rings. The quantitative estimate of drug-likeness (QED) is 0.730. The SMILES string of the molecule is Cl.NC[C@H]1CC[C@@H](C(=O)N2CCC(NC(=O)Nc3ccc(F)cc3)C2)O1. The minimum Gasteiger partial charge on any atom is -0.364 e. The molecule has 3 atom stereocenters. The number of carbonyl (C=O) groups excluding carboxylic acids is 2. The van der Waals surface area contributed by atoms with Crippen molar-refractivity contribution in [3.63, 3.8) is 0 Å². The first-order chi connectivity index (χ1) is 12.0. The van der Waals surface area contributed by atoms with Crippen LogP contribution < -0.4 is 16.4 Å². The third-order valence-electron chi connectivity index (χ3n) is 4.58. The monoisotopic (exact) mass is 386 g/mol. The zero-order valence-electron chi connectivity index (χ0n) is 14.3. The van der Waals surface area contributed by atoms with Gasteiger partial charge in [-0.2, -0.15) is 0 Å². The van der Waals surface area contributed by atoms with Gasteiger partial charge in [0.15, 0.2) is 0 Å². The van der Waals surface area contributed by atoms with Crippen molar-refractivity contribution in [2.75, 3.05) is 25.0 Å². The van der Waals surface area contributed by atoms with Gasteiger partial charge in [0.2, 0.25) is 0 Å². The number of anilines is 1. The zero-order chi connectivity index (χ0) is 17.8. The number of hydrogen-bond donors (Lipinski definition) is 3. The molecule has 9 heteroatoms. The van der Waals surface area contributed by atoms with Crippen molar-refractivity contribution in [2.24, 2.45) is 5.73 Å². The number of rotatable bonds is 4. The van der Waals surface area contributed by atoms with Gasteiger partial charge in [-0.3, -0.25) is 4.79 Å². The Morgan fingerprint density at radius 1 is 1.23 bits per heavy atom. The van der Waals surface area contributed by atoms with Crippen LogP contribution in [0.25, 0.3) is 0 Å². The van der Waals surface area contributed by atoms with Crippen molar-refractivity contribution in [3.05, 3.63) is 30.1 Å². The first-order valence-electron chi connectivity index (χ1n) is 8.52. The maximum Gasteiger partial charge on any atom is 0.319 e. The second kappa shape index (κ2) is 9.16. The summed E-state index contributed by atoms with van der Waals surface area (Å²) < 4.78 is 18.5. The Balaban J connectivity index is 0.00000243. The normalized spacial score (nSPS) is 24.8. The summed E-state index contributed by atoms with van der Waals surface area (Å²) in [7, 11) is 0. The van der Waals surface area contributed by atoms with E-state index in [4.69, 9.17) is 10.5 Å². The molecule has 3 amide bonds. The summed E-state index contributed by atoms with van der Waals surface area (Å²) in [5, 5.41) is 5.49. The fourth-order valence-electron chi connectivity index (χ4n) is 3.23. The molecule has 2 heterocycles. The highest BCUT2D eigenvalue weighted by atomic mass is 35.5. The highest BCUT2D eigenvalue weighted by Crippen LogP contribution is 2.22. The second-order valence-corrected chi connectivity index (χ2v) is 6.43. The van der Waals surface area contributed by atoms with Crippen molar-refractivity contribution in [1.29, 1.82) is 0 Å². The molecule has 144 valence electrons. The van der Waals surface area contributed by atoms with E-state index in [1.165, 1.54) is 24.3 Å². The molecule has 26 heavy (non-hydrogen) atoms. The molecule has 0 saturated carbocycles. The van der Waals surface area contributed by atoms with Gasteiger partial charge in [0.05, 0.1) is 6.10 Å². The fourth-order valence-corrected chi connectivity index (χ4v) is 3.23. The third-order valence-corrected chi connectivity index (χ3v) is 4.58. The predicted octanol–water partition coefficient (Wildman–Crippen LogP) is 1.48. The minimum absolute atomic E-state index is 0. The van der Waals surface area contributed by atoms with Crippen LogP contribution in [0.4, 0.5) is 14.9 Å². The number of nitrogens with one attached hydrogen (secondary N) is 2. The van der Waals surface area contributed by atoms with Crippen molar-refractivity contribution in [1.82, 2.24) is 10.2 Å². The average molecular weight is 387 g/mol. The van der Waals surface area contributed by atoms with Crippen LogP contribution in [-0.2, 0) is 9.53 Å². The number of urea groups is 1. The van der Waals surface area contributed by atoms with Crippen LogP contribution in [0.3, 0.4) is 0 Å². The number of benzene rings is 1. The van der Waals surface area contributed by atoms with Gasteiger partial charge in [-0.15, -0.1) is 12.4 Å². The standard InChI is InChI=1S/C17H23FN4O3.ClH/c18-11-1-3-12(4-2-11)20-17(24)21-13-7-8-22(10-13)16(23)15-6-5-14(9-19)25-15;/h1-4,13-15H,5-10,19H2,(H2,20,21,24);1H/t13?,14-,15+;/m1./s1. The molecule has 2 saturated heterocycles. The molecule has 0 bridgehead atoms. The van der Waals surface area contributed by atoms with Crippen LogP contribution in [0.1, 0.15) is 19.3 Å². The molecule has 2 aliphatic rings. The van der Waals surface area contributed by atoms with Gasteiger partial charge in [0, 0.05) is 31.4 Å². The Morgan fingerprint density at radius 2 is 1.96 bits per heavy atom. The smallest absolute Gasteiger partial charge is 0.319 e. The van der Waals surface area contributed by atoms with Crippen molar-refractivity contribution in [2.45, 2.75) is 37.5 Å². The van der Waals surface area contributed by atoms with Gasteiger partial charge in [-0.1, -0.05) is 0 Å². The number of halogens is 2. The summed E-state index contributed by atoms with van der Waals surface area (Å²) in [5.41, 5.74) is 6.08. The summed E-state index contributed by atoms with van der Waals surface area (Å²) in [6.45, 7) is 1.48. The number of nitrogens with zero attached hydrogens (tertiary/aromatic N) is 1. The molecule has 2 aliphatic heterocycles. The second-order valence-electron chi connectivity index (χ2n) is 6.43. The van der Waals surface area contributed by atoms with E-state index in [9.17, 15) is 14.0 Å². The number of ether oxygens (including phenoxy) is 1. The van der Waals surface area contributed by atoms with E-state index < -0.39 is 6.10 Å². The van der Waals surface area contributed by atoms with Gasteiger partial charge in [-0.25, -0.2) is 9.18 Å². The first-order valence-corrected chi connectivity index (χ1v) is 8.52. The van der Waals surface area contributed by atoms with E-state index >= 15 is 0 Å². The molecule has 0 aromatic heterocycles. The van der Waals surface area contributed by atoms with E-state index in [1.54, 1.807) is 4.90 Å². The van der Waals surface area contributed by atoms with Crippen LogP contribution in [0.5, 0.6) is 0 Å². The van der Waals surface area contributed by atoms with Crippen molar-refractivity contribution in [3.8, 4) is 0 Å². The lowest BCUT2D eigenvalue weighted by Gasteiger charge is -2.21. The fraction of sp³-hybridized carbons (Fsp3) is 0.529. The highest BCUT2D eigenvalue weighted by molar-refractivity contribution is 5.89. The molecular formula is C17H24ClFN4O3. The molecule has 0 aliphatic carbocycles. The van der Waals surface area contributed by atoms with E-state index in [1.807, 2.05) is 0 Å². The van der Waals surface area contributed by atoms with E-state index in [2.05, 4.69) is 10.6 Å². The van der Waals surface area contributed by atoms with E-state index in [-0.39, 0.29) is 42.3 Å². The zero-order valence-corrected chi connectivity index (χ0v) is 15.1. The highest BCUT2D eigenvalue weighted by Gasteiger charge is 2.36. The minimum atomic E-state index is -0.416. The number of likely N-dealkylation sites (tertiary alicyclic amines) is 1. The predicted molar refractivity (Wildman–Crippen MR) is 97.7 cm³/mol. The van der Waals surface area contributed by atoms with Crippen LogP contribution >= 0.6 is 12.4 Å². The number of amides is 3. The summed E-state index contributed by atoms with van der Waals surface area (Å²) in [6.07, 6.45) is 1.74. The molecule has 3 rings (SSSR count). The van der Waals surface area contributed by atoms with Crippen molar-refractivity contribution >= 4 is 30.0 Å². The Bertz CT molecular complexity index is 631. The van der Waals surface area contributed by atoms with Gasteiger partial charge < -0.3 is 26.0 Å². The van der Waals surface area contributed by atoms with Crippen LogP contribution in [-0.4, -0.2) is 54.7 Å². The molecule has 1 unspecified atom stereocenters. The third kappa shape index (κ3) is 5.06. The number of nitrogens with two attached hydrogens (primary N) is 1. The number of hydrogen-bond acceptors (Lipinski definition) is 4. The van der Waals surface area contributed by atoms with Gasteiger partial charge in [0.25, 0.3) is 5.91 Å². The Hall–Kier alpha value is -1.90. The Kier molecular flexibility index (Phi) is 7.19. The molecular weight excluding hydrogens is 363 g/mol. The molecule has 1 aromatic carbocycles. The Labute approximate surface area is 157 Å². The molecule has 7 nitrogen and oxygen atoms in total. The van der Waals surface area contributed by atoms with E-state index in [0.29, 0.717) is 38.2 Å². The molecule has 2 fully saturated rings. The number of carbonyl (C=O) groups is 2. The van der Waals surface area contributed by atoms with Gasteiger partial charge in [-0.05, 0) is 43.5 Å². The summed E-state index contributed by atoms with van der Waals surface area (Å²) in [4.78, 5) is 26.2. The molecule has 0 radical (unpaired) electrons. The summed E-state index contributed by atoms with van der Waals surface area (Å²) in [6, 6.07) is 5.06. The van der Waals surface area contributed by atoms with Gasteiger partial charge >= 0.3 is 6.03 Å². The lowest BCUT2D eigenvalue weighted by atomic mass is 10.2. The largest absolute Gasteiger partial charge is 0.364 e. The Morgan fingerprint density at radius 3 is 2.62 bits per heavy atom. The summed E-state index contributed by atoms with van der Waals surface area (Å²) >= 11 is 0. The molecule has 4 N–H and O–H groups in total. The van der Waals surface area contributed by atoms with Gasteiger partial charge in [0.1, 0.15) is 11.9 Å². The van der Waals surface area contributed by atoms with Crippen LogP contribution in [0, 0.1) is 5.82 Å². The topological polar surface area (TPSA) is 96.7 Å². The molecule has 0 spiro atoms. The maximum atomic E-state index is 12.9. The average Bonchev–Trinajstić information content (AvgIpc) is 3.25. The van der Waals surface area contributed by atoms with Crippen molar-refractivity contribution < 1.29 is 18.7 Å². The first kappa shape index (κ1) is 20.4. The van der Waals surface area contributed by atoms with Crippen LogP contribution in [0.2, 0.25) is 0 Å². The summed E-state index contributed by atoms with van der Waals surface area (Å²) in [5.74, 6) is -0.388. The lowest BCUT2D eigenvalue weighted by molar-refractivity contribution is -0.141.